The molecule has 0 bridgehead atoms. The number of aromatic nitrogens is 1. The van der Waals surface area contributed by atoms with Crippen molar-refractivity contribution in [2.24, 2.45) is 0 Å². The van der Waals surface area contributed by atoms with Gasteiger partial charge in [-0.05, 0) is 24.1 Å². The number of piperazine rings is 1. The van der Waals surface area contributed by atoms with E-state index in [1.165, 1.54) is 0 Å². The monoisotopic (exact) mass is 351 g/mol. The largest absolute Gasteiger partial charge is 0.336 e. The second-order valence-electron chi connectivity index (χ2n) is 6.73. The smallest absolute Gasteiger partial charge is 0.222 e. The van der Waals surface area contributed by atoms with E-state index in [-0.39, 0.29) is 29.5 Å². The third-order valence-corrected chi connectivity index (χ3v) is 6.69. The lowest BCUT2D eigenvalue weighted by Gasteiger charge is -2.44. The zero-order valence-electron chi connectivity index (χ0n) is 14.1. The Labute approximate surface area is 143 Å². The molecule has 1 amide bonds. The maximum absolute atomic E-state index is 12.5. The van der Waals surface area contributed by atoms with Crippen molar-refractivity contribution < 1.29 is 13.2 Å². The van der Waals surface area contributed by atoms with E-state index in [4.69, 9.17) is 0 Å². The van der Waals surface area contributed by atoms with Crippen molar-refractivity contribution in [1.29, 1.82) is 0 Å². The average molecular weight is 351 g/mol. The van der Waals surface area contributed by atoms with Gasteiger partial charge in [-0.2, -0.15) is 0 Å². The number of sulfone groups is 1. The SMILES string of the molecule is CCCCC(=O)N1CCN(Cc2ccncc2)[C@@H]2CS(=O)(=O)C[C@@H]21. The number of nitrogens with zero attached hydrogens (tertiary/aromatic N) is 3. The van der Waals surface area contributed by atoms with Gasteiger partial charge in [-0.25, -0.2) is 8.42 Å². The molecule has 1 aromatic heterocycles. The molecule has 1 aromatic rings. The number of carbonyl (C=O) groups excluding carboxylic acids is 1. The zero-order chi connectivity index (χ0) is 17.2. The number of rotatable bonds is 5. The average Bonchev–Trinajstić information content (AvgIpc) is 2.89. The molecule has 0 aliphatic carbocycles. The van der Waals surface area contributed by atoms with Crippen LogP contribution in [0.5, 0.6) is 0 Å². The number of unbranched alkanes of at least 4 members (excludes halogenated alkanes) is 1. The Balaban J connectivity index is 1.76. The fourth-order valence-electron chi connectivity index (χ4n) is 3.73. The quantitative estimate of drug-likeness (QED) is 0.794. The zero-order valence-corrected chi connectivity index (χ0v) is 14.9. The van der Waals surface area contributed by atoms with Crippen molar-refractivity contribution in [3.63, 3.8) is 0 Å². The Kier molecular flexibility index (Phi) is 5.20. The first-order valence-electron chi connectivity index (χ1n) is 8.63. The van der Waals surface area contributed by atoms with Crippen molar-refractivity contribution >= 4 is 15.7 Å². The second kappa shape index (κ2) is 7.19. The predicted octanol–water partition coefficient (Wildman–Crippen LogP) is 1.08. The van der Waals surface area contributed by atoms with Crippen molar-refractivity contribution in [2.75, 3.05) is 24.6 Å². The molecular weight excluding hydrogens is 326 g/mol. The summed E-state index contributed by atoms with van der Waals surface area (Å²) in [4.78, 5) is 20.5. The predicted molar refractivity (Wildman–Crippen MR) is 92.1 cm³/mol. The highest BCUT2D eigenvalue weighted by Gasteiger charge is 2.47. The van der Waals surface area contributed by atoms with Gasteiger partial charge in [0.15, 0.2) is 9.84 Å². The molecule has 7 heteroatoms. The molecule has 3 rings (SSSR count). The Hall–Kier alpha value is -1.47. The third-order valence-electron chi connectivity index (χ3n) is 4.99. The normalized spacial score (nSPS) is 26.3. The summed E-state index contributed by atoms with van der Waals surface area (Å²) in [7, 11) is -3.09. The maximum atomic E-state index is 12.5. The van der Waals surface area contributed by atoms with Crippen LogP contribution in [-0.4, -0.2) is 65.8 Å². The van der Waals surface area contributed by atoms with Crippen molar-refractivity contribution in [3.8, 4) is 0 Å². The van der Waals surface area contributed by atoms with Gasteiger partial charge in [-0.1, -0.05) is 13.3 Å². The molecular formula is C17H25N3O3S. The minimum atomic E-state index is -3.09. The van der Waals surface area contributed by atoms with E-state index in [0.29, 0.717) is 19.5 Å². The Bertz CT molecular complexity index is 678. The Morgan fingerprint density at radius 1 is 1.21 bits per heavy atom. The molecule has 2 saturated heterocycles. The summed E-state index contributed by atoms with van der Waals surface area (Å²) in [5, 5.41) is 0. The van der Waals surface area contributed by atoms with Crippen molar-refractivity contribution in [2.45, 2.75) is 44.8 Å². The van der Waals surface area contributed by atoms with Crippen LogP contribution in [0, 0.1) is 0 Å². The Morgan fingerprint density at radius 3 is 2.62 bits per heavy atom. The summed E-state index contributed by atoms with van der Waals surface area (Å²) in [6.45, 7) is 4.10. The molecule has 0 saturated carbocycles. The van der Waals surface area contributed by atoms with Gasteiger partial charge >= 0.3 is 0 Å². The number of fused-ring (bicyclic) bond motifs is 1. The topological polar surface area (TPSA) is 70.6 Å². The summed E-state index contributed by atoms with van der Waals surface area (Å²) in [6, 6.07) is 3.62. The molecule has 2 atom stereocenters. The summed E-state index contributed by atoms with van der Waals surface area (Å²) in [5.41, 5.74) is 1.12. The second-order valence-corrected chi connectivity index (χ2v) is 8.88. The molecule has 2 aliphatic rings. The fraction of sp³-hybridized carbons (Fsp3) is 0.647. The lowest BCUT2D eigenvalue weighted by Crippen LogP contribution is -2.60. The number of hydrogen-bond acceptors (Lipinski definition) is 5. The number of hydrogen-bond donors (Lipinski definition) is 0. The van der Waals surface area contributed by atoms with Crippen LogP contribution >= 0.6 is 0 Å². The summed E-state index contributed by atoms with van der Waals surface area (Å²) >= 11 is 0. The highest BCUT2D eigenvalue weighted by atomic mass is 32.2. The van der Waals surface area contributed by atoms with Crippen molar-refractivity contribution in [1.82, 2.24) is 14.8 Å². The van der Waals surface area contributed by atoms with E-state index in [1.807, 2.05) is 17.0 Å². The number of carbonyl (C=O) groups is 1. The number of pyridine rings is 1. The minimum absolute atomic E-state index is 0.0949. The van der Waals surface area contributed by atoms with Crippen LogP contribution in [0.3, 0.4) is 0 Å². The summed E-state index contributed by atoms with van der Waals surface area (Å²) in [6.07, 6.45) is 5.86. The molecule has 3 heterocycles. The van der Waals surface area contributed by atoms with Crippen LogP contribution in [-0.2, 0) is 21.2 Å². The van der Waals surface area contributed by atoms with Gasteiger partial charge in [-0.3, -0.25) is 14.7 Å². The van der Waals surface area contributed by atoms with Gasteiger partial charge in [0, 0.05) is 44.5 Å². The van der Waals surface area contributed by atoms with Crippen LogP contribution in [0.15, 0.2) is 24.5 Å². The van der Waals surface area contributed by atoms with Crippen LogP contribution in [0.25, 0.3) is 0 Å². The fourth-order valence-corrected chi connectivity index (χ4v) is 5.74. The van der Waals surface area contributed by atoms with E-state index < -0.39 is 9.84 Å². The standard InChI is InChI=1S/C17H25N3O3S/c1-2-3-4-17(21)20-10-9-19(11-14-5-7-18-8-6-14)15-12-24(22,23)13-16(15)20/h5-8,15-16H,2-4,9-13H2,1H3/t15-,16+/m1/s1. The molecule has 0 N–H and O–H groups in total. The molecule has 132 valence electrons. The van der Waals surface area contributed by atoms with Gasteiger partial charge in [0.2, 0.25) is 5.91 Å². The number of amides is 1. The summed E-state index contributed by atoms with van der Waals surface area (Å²) < 4.78 is 24.4. The molecule has 0 radical (unpaired) electrons. The van der Waals surface area contributed by atoms with Gasteiger partial charge < -0.3 is 4.90 Å². The first-order valence-corrected chi connectivity index (χ1v) is 10.4. The maximum Gasteiger partial charge on any atom is 0.222 e. The van der Waals surface area contributed by atoms with Crippen LogP contribution in [0.1, 0.15) is 31.7 Å². The van der Waals surface area contributed by atoms with Crippen LogP contribution < -0.4 is 0 Å². The first kappa shape index (κ1) is 17.4. The van der Waals surface area contributed by atoms with Gasteiger partial charge in [-0.15, -0.1) is 0 Å². The van der Waals surface area contributed by atoms with Crippen molar-refractivity contribution in [3.05, 3.63) is 30.1 Å². The Morgan fingerprint density at radius 2 is 1.92 bits per heavy atom. The van der Waals surface area contributed by atoms with Gasteiger partial charge in [0.1, 0.15) is 0 Å². The molecule has 0 spiro atoms. The third kappa shape index (κ3) is 3.78. The molecule has 2 aliphatic heterocycles. The van der Waals surface area contributed by atoms with E-state index in [2.05, 4.69) is 16.8 Å². The van der Waals surface area contributed by atoms with Gasteiger partial charge in [0.25, 0.3) is 0 Å². The molecule has 2 fully saturated rings. The highest BCUT2D eigenvalue weighted by Crippen LogP contribution is 2.28. The van der Waals surface area contributed by atoms with E-state index >= 15 is 0 Å². The van der Waals surface area contributed by atoms with E-state index in [0.717, 1.165) is 24.9 Å². The van der Waals surface area contributed by atoms with E-state index in [1.54, 1.807) is 12.4 Å². The lowest BCUT2D eigenvalue weighted by atomic mass is 10.0. The van der Waals surface area contributed by atoms with Crippen LogP contribution in [0.2, 0.25) is 0 Å². The molecule has 24 heavy (non-hydrogen) atoms. The molecule has 0 unspecified atom stereocenters. The molecule has 6 nitrogen and oxygen atoms in total. The van der Waals surface area contributed by atoms with Crippen LogP contribution in [0.4, 0.5) is 0 Å². The molecule has 0 aromatic carbocycles. The highest BCUT2D eigenvalue weighted by molar-refractivity contribution is 7.91. The first-order chi connectivity index (χ1) is 11.5. The van der Waals surface area contributed by atoms with E-state index in [9.17, 15) is 13.2 Å². The summed E-state index contributed by atoms with van der Waals surface area (Å²) in [5.74, 6) is 0.357. The lowest BCUT2D eigenvalue weighted by molar-refractivity contribution is -0.137. The van der Waals surface area contributed by atoms with Gasteiger partial charge in [0.05, 0.1) is 17.5 Å². The minimum Gasteiger partial charge on any atom is -0.336 e.